The van der Waals surface area contributed by atoms with Crippen molar-refractivity contribution in [2.24, 2.45) is 0 Å². The highest BCUT2D eigenvalue weighted by molar-refractivity contribution is 7.10. The van der Waals surface area contributed by atoms with Crippen LogP contribution in [0.3, 0.4) is 0 Å². The van der Waals surface area contributed by atoms with Gasteiger partial charge in [0.25, 0.3) is 0 Å². The molecule has 1 aromatic rings. The van der Waals surface area contributed by atoms with Crippen molar-refractivity contribution in [2.75, 3.05) is 0 Å². The number of aryl methyl sites for hydroxylation is 1. The van der Waals surface area contributed by atoms with Crippen LogP contribution in [0.5, 0.6) is 0 Å². The number of nitrogens with one attached hydrogen (secondary N) is 1. The molecule has 1 aliphatic carbocycles. The van der Waals surface area contributed by atoms with Gasteiger partial charge in [0.15, 0.2) is 0 Å². The molecule has 1 aliphatic rings. The van der Waals surface area contributed by atoms with Crippen LogP contribution in [0.1, 0.15) is 43.6 Å². The highest BCUT2D eigenvalue weighted by Gasteiger charge is 2.41. The van der Waals surface area contributed by atoms with Crippen molar-refractivity contribution < 1.29 is 9.53 Å². The van der Waals surface area contributed by atoms with Gasteiger partial charge in [0, 0.05) is 16.8 Å². The Hall–Kier alpha value is -1.03. The summed E-state index contributed by atoms with van der Waals surface area (Å²) in [6.07, 6.45) is 0.717. The van der Waals surface area contributed by atoms with Gasteiger partial charge in [-0.05, 0) is 51.1 Å². The minimum absolute atomic E-state index is 0.248. The van der Waals surface area contributed by atoms with E-state index >= 15 is 0 Å². The average molecular weight is 253 g/mol. The minimum Gasteiger partial charge on any atom is -0.444 e. The Labute approximate surface area is 106 Å². The number of carbonyl (C=O) groups excluding carboxylic acids is 1. The zero-order valence-corrected chi connectivity index (χ0v) is 11.6. The molecule has 2 atom stereocenters. The van der Waals surface area contributed by atoms with Gasteiger partial charge in [-0.1, -0.05) is 0 Å². The standard InChI is InChI=1S/C13H19NO2S/c1-8-9(5-6-17-8)10-7-11(10)14-12(15)16-13(2,3)4/h5-6,10-11H,7H2,1-4H3,(H,14,15)/t10-,11+/m0/s1. The van der Waals surface area contributed by atoms with Gasteiger partial charge < -0.3 is 10.1 Å². The predicted octanol–water partition coefficient (Wildman–Crippen LogP) is 3.44. The monoisotopic (exact) mass is 253 g/mol. The van der Waals surface area contributed by atoms with Gasteiger partial charge >= 0.3 is 6.09 Å². The highest BCUT2D eigenvalue weighted by Crippen LogP contribution is 2.43. The molecule has 0 aliphatic heterocycles. The predicted molar refractivity (Wildman–Crippen MR) is 69.6 cm³/mol. The summed E-state index contributed by atoms with van der Waals surface area (Å²) < 4.78 is 5.24. The smallest absolute Gasteiger partial charge is 0.407 e. The second-order valence-electron chi connectivity index (χ2n) is 5.53. The molecule has 0 unspecified atom stereocenters. The molecule has 94 valence electrons. The number of alkyl carbamates (subject to hydrolysis) is 1. The van der Waals surface area contributed by atoms with Crippen molar-refractivity contribution in [1.82, 2.24) is 5.32 Å². The molecule has 1 heterocycles. The van der Waals surface area contributed by atoms with Crippen molar-refractivity contribution in [3.8, 4) is 0 Å². The Bertz CT molecular complexity index is 419. The van der Waals surface area contributed by atoms with Crippen LogP contribution in [0.15, 0.2) is 11.4 Å². The number of thiophene rings is 1. The molecule has 0 spiro atoms. The summed E-state index contributed by atoms with van der Waals surface area (Å²) in [5, 5.41) is 5.02. The van der Waals surface area contributed by atoms with E-state index in [1.807, 2.05) is 20.8 Å². The van der Waals surface area contributed by atoms with Crippen LogP contribution in [0.2, 0.25) is 0 Å². The summed E-state index contributed by atoms with van der Waals surface area (Å²) in [5.41, 5.74) is 0.948. The third-order valence-corrected chi connectivity index (χ3v) is 3.65. The maximum Gasteiger partial charge on any atom is 0.407 e. The van der Waals surface area contributed by atoms with E-state index in [2.05, 4.69) is 23.7 Å². The topological polar surface area (TPSA) is 38.3 Å². The fraction of sp³-hybridized carbons (Fsp3) is 0.615. The summed E-state index contributed by atoms with van der Waals surface area (Å²) in [6, 6.07) is 2.40. The Morgan fingerprint density at radius 1 is 1.53 bits per heavy atom. The van der Waals surface area contributed by atoms with Crippen LogP contribution in [0.25, 0.3) is 0 Å². The van der Waals surface area contributed by atoms with Crippen LogP contribution >= 0.6 is 11.3 Å². The second-order valence-corrected chi connectivity index (χ2v) is 6.65. The van der Waals surface area contributed by atoms with Gasteiger partial charge in [-0.2, -0.15) is 0 Å². The van der Waals surface area contributed by atoms with Crippen molar-refractivity contribution >= 4 is 17.4 Å². The van der Waals surface area contributed by atoms with E-state index in [0.717, 1.165) is 6.42 Å². The first-order valence-electron chi connectivity index (χ1n) is 5.90. The molecule has 1 amide bonds. The number of ether oxygens (including phenoxy) is 1. The van der Waals surface area contributed by atoms with E-state index in [1.54, 1.807) is 11.3 Å². The van der Waals surface area contributed by atoms with E-state index in [9.17, 15) is 4.79 Å². The average Bonchev–Trinajstić information content (AvgIpc) is 2.75. The number of amides is 1. The van der Waals surface area contributed by atoms with Crippen LogP contribution in [0, 0.1) is 6.92 Å². The molecule has 1 fully saturated rings. The first-order chi connectivity index (χ1) is 7.87. The number of rotatable bonds is 2. The van der Waals surface area contributed by atoms with Crippen molar-refractivity contribution in [1.29, 1.82) is 0 Å². The zero-order valence-electron chi connectivity index (χ0n) is 10.7. The van der Waals surface area contributed by atoms with Crippen LogP contribution in [-0.4, -0.2) is 17.7 Å². The molecule has 0 aromatic carbocycles. The third-order valence-electron chi connectivity index (χ3n) is 2.79. The molecule has 1 N–H and O–H groups in total. The van der Waals surface area contributed by atoms with Crippen LogP contribution < -0.4 is 5.32 Å². The number of hydrogen-bond donors (Lipinski definition) is 1. The molecule has 17 heavy (non-hydrogen) atoms. The fourth-order valence-corrected chi connectivity index (χ4v) is 2.71. The van der Waals surface area contributed by atoms with Gasteiger partial charge in [-0.25, -0.2) is 4.79 Å². The SMILES string of the molecule is Cc1sccc1[C@@H]1C[C@H]1NC(=O)OC(C)(C)C. The van der Waals surface area contributed by atoms with E-state index < -0.39 is 5.60 Å². The summed E-state index contributed by atoms with van der Waals surface area (Å²) in [6.45, 7) is 7.75. The maximum absolute atomic E-state index is 11.6. The Kier molecular flexibility index (Phi) is 3.17. The lowest BCUT2D eigenvalue weighted by atomic mass is 10.2. The first kappa shape index (κ1) is 12.4. The molecule has 0 saturated heterocycles. The van der Waals surface area contributed by atoms with Gasteiger partial charge in [-0.15, -0.1) is 11.3 Å². The molecule has 0 bridgehead atoms. The Morgan fingerprint density at radius 2 is 2.24 bits per heavy atom. The Balaban J connectivity index is 1.85. The van der Waals surface area contributed by atoms with E-state index in [0.29, 0.717) is 5.92 Å². The van der Waals surface area contributed by atoms with Crippen LogP contribution in [-0.2, 0) is 4.74 Å². The molecule has 0 radical (unpaired) electrons. The quantitative estimate of drug-likeness (QED) is 0.876. The first-order valence-corrected chi connectivity index (χ1v) is 6.78. The molecule has 4 heteroatoms. The summed E-state index contributed by atoms with van der Waals surface area (Å²) in [5.74, 6) is 0.480. The van der Waals surface area contributed by atoms with Crippen molar-refractivity contribution in [2.45, 2.75) is 51.7 Å². The lowest BCUT2D eigenvalue weighted by Crippen LogP contribution is -2.34. The van der Waals surface area contributed by atoms with Gasteiger partial charge in [0.05, 0.1) is 0 Å². The second kappa shape index (κ2) is 4.33. The van der Waals surface area contributed by atoms with Crippen molar-refractivity contribution in [3.05, 3.63) is 21.9 Å². The molecule has 3 nitrogen and oxygen atoms in total. The summed E-state index contributed by atoms with van der Waals surface area (Å²) >= 11 is 1.76. The molecule has 1 aromatic heterocycles. The lowest BCUT2D eigenvalue weighted by molar-refractivity contribution is 0.0523. The third kappa shape index (κ3) is 3.22. The van der Waals surface area contributed by atoms with E-state index in [1.165, 1.54) is 10.4 Å². The van der Waals surface area contributed by atoms with E-state index in [4.69, 9.17) is 4.74 Å². The number of hydrogen-bond acceptors (Lipinski definition) is 3. The molecular formula is C13H19NO2S. The largest absolute Gasteiger partial charge is 0.444 e. The molecule has 2 rings (SSSR count). The zero-order chi connectivity index (χ0) is 12.6. The van der Waals surface area contributed by atoms with Gasteiger partial charge in [0.2, 0.25) is 0 Å². The number of carbonyl (C=O) groups is 1. The maximum atomic E-state index is 11.6. The van der Waals surface area contributed by atoms with Gasteiger partial charge in [0.1, 0.15) is 5.60 Å². The molecular weight excluding hydrogens is 234 g/mol. The van der Waals surface area contributed by atoms with E-state index in [-0.39, 0.29) is 12.1 Å². The summed E-state index contributed by atoms with van der Waals surface area (Å²) in [4.78, 5) is 12.9. The lowest BCUT2D eigenvalue weighted by Gasteiger charge is -2.19. The van der Waals surface area contributed by atoms with Gasteiger partial charge in [-0.3, -0.25) is 0 Å². The van der Waals surface area contributed by atoms with Crippen molar-refractivity contribution in [3.63, 3.8) is 0 Å². The highest BCUT2D eigenvalue weighted by atomic mass is 32.1. The van der Waals surface area contributed by atoms with Crippen LogP contribution in [0.4, 0.5) is 4.79 Å². The minimum atomic E-state index is -0.424. The summed E-state index contributed by atoms with van der Waals surface area (Å²) in [7, 11) is 0. The fourth-order valence-electron chi connectivity index (χ4n) is 1.94. The molecule has 1 saturated carbocycles. The normalized spacial score (nSPS) is 23.3. The Morgan fingerprint density at radius 3 is 2.76 bits per heavy atom.